The van der Waals surface area contributed by atoms with Crippen LogP contribution in [0.4, 0.5) is 0 Å². The van der Waals surface area contributed by atoms with E-state index in [0.717, 1.165) is 37.5 Å². The molecule has 2 atom stereocenters. The number of rotatable bonds is 5. The molecule has 1 aromatic heterocycles. The molecule has 2 N–H and O–H groups in total. The molecule has 0 unspecified atom stereocenters. The van der Waals surface area contributed by atoms with Crippen LogP contribution in [-0.2, 0) is 13.0 Å². The minimum Gasteiger partial charge on any atom is -0.465 e. The van der Waals surface area contributed by atoms with Crippen molar-refractivity contribution in [1.82, 2.24) is 10.6 Å². The van der Waals surface area contributed by atoms with Crippen molar-refractivity contribution in [3.8, 4) is 0 Å². The summed E-state index contributed by atoms with van der Waals surface area (Å²) in [6.07, 6.45) is 2.11. The lowest BCUT2D eigenvalue weighted by Gasteiger charge is -2.20. The van der Waals surface area contributed by atoms with Crippen molar-refractivity contribution in [1.29, 1.82) is 0 Å². The zero-order chi connectivity index (χ0) is 13.8. The smallest absolute Gasteiger partial charge is 0.117 e. The van der Waals surface area contributed by atoms with Crippen LogP contribution in [0.15, 0.2) is 46.9 Å². The molecular weight excluding hydrogens is 248 g/mol. The molecule has 0 bridgehead atoms. The van der Waals surface area contributed by atoms with E-state index in [2.05, 4.69) is 60.0 Å². The number of furan rings is 1. The zero-order valence-corrected chi connectivity index (χ0v) is 11.9. The third-order valence-electron chi connectivity index (χ3n) is 3.98. The lowest BCUT2D eigenvalue weighted by Crippen LogP contribution is -2.33. The summed E-state index contributed by atoms with van der Waals surface area (Å²) in [5.41, 5.74) is 1.36. The van der Waals surface area contributed by atoms with Gasteiger partial charge in [0.05, 0.1) is 6.54 Å². The first-order chi connectivity index (χ1) is 9.86. The number of aryl methyl sites for hydroxylation is 1. The van der Waals surface area contributed by atoms with Crippen LogP contribution in [0.5, 0.6) is 0 Å². The predicted molar refractivity (Wildman–Crippen MR) is 80.5 cm³/mol. The second-order valence-corrected chi connectivity index (χ2v) is 5.34. The van der Waals surface area contributed by atoms with Crippen molar-refractivity contribution in [2.75, 3.05) is 6.54 Å². The van der Waals surface area contributed by atoms with E-state index in [-0.39, 0.29) is 0 Å². The van der Waals surface area contributed by atoms with Crippen molar-refractivity contribution in [3.63, 3.8) is 0 Å². The first kappa shape index (κ1) is 13.4. The highest BCUT2D eigenvalue weighted by molar-refractivity contribution is 5.22. The van der Waals surface area contributed by atoms with Crippen molar-refractivity contribution < 1.29 is 4.42 Å². The first-order valence-corrected chi connectivity index (χ1v) is 7.46. The van der Waals surface area contributed by atoms with E-state index in [1.807, 2.05) is 0 Å². The first-order valence-electron chi connectivity index (χ1n) is 7.46. The fraction of sp³-hybridized carbons (Fsp3) is 0.412. The average Bonchev–Trinajstić information content (AvgIpc) is 3.15. The van der Waals surface area contributed by atoms with Crippen molar-refractivity contribution >= 4 is 0 Å². The molecule has 0 spiro atoms. The average molecular weight is 270 g/mol. The minimum atomic E-state index is 0.400. The number of nitrogens with one attached hydrogen (secondary N) is 2. The maximum absolute atomic E-state index is 5.75. The van der Waals surface area contributed by atoms with E-state index in [4.69, 9.17) is 4.42 Å². The number of hydrogen-bond donors (Lipinski definition) is 2. The minimum absolute atomic E-state index is 0.400. The van der Waals surface area contributed by atoms with Gasteiger partial charge in [-0.1, -0.05) is 37.3 Å². The van der Waals surface area contributed by atoms with Crippen LogP contribution in [0, 0.1) is 0 Å². The number of benzene rings is 1. The maximum Gasteiger partial charge on any atom is 0.117 e. The highest BCUT2D eigenvalue weighted by atomic mass is 16.3. The third-order valence-corrected chi connectivity index (χ3v) is 3.98. The molecule has 1 aliphatic heterocycles. The van der Waals surface area contributed by atoms with Crippen LogP contribution >= 0.6 is 0 Å². The summed E-state index contributed by atoms with van der Waals surface area (Å²) in [6.45, 7) is 3.98. The van der Waals surface area contributed by atoms with Crippen molar-refractivity contribution in [2.45, 2.75) is 38.4 Å². The Labute approximate surface area is 120 Å². The third kappa shape index (κ3) is 2.94. The van der Waals surface area contributed by atoms with Gasteiger partial charge in [0, 0.05) is 18.5 Å². The molecular formula is C17H22N2O. The van der Waals surface area contributed by atoms with Gasteiger partial charge in [0.1, 0.15) is 11.5 Å². The Bertz CT molecular complexity index is 535. The molecule has 0 saturated carbocycles. The number of hydrogen-bond acceptors (Lipinski definition) is 3. The van der Waals surface area contributed by atoms with Gasteiger partial charge in [-0.25, -0.2) is 0 Å². The van der Waals surface area contributed by atoms with Gasteiger partial charge in [0.25, 0.3) is 0 Å². The monoisotopic (exact) mass is 270 g/mol. The summed E-state index contributed by atoms with van der Waals surface area (Å²) in [5, 5.41) is 7.21. The summed E-state index contributed by atoms with van der Waals surface area (Å²) in [5.74, 6) is 2.09. The van der Waals surface area contributed by atoms with Crippen molar-refractivity contribution in [2.24, 2.45) is 0 Å². The summed E-state index contributed by atoms with van der Waals surface area (Å²) in [7, 11) is 0. The molecule has 3 nitrogen and oxygen atoms in total. The van der Waals surface area contributed by atoms with Gasteiger partial charge in [-0.2, -0.15) is 0 Å². The van der Waals surface area contributed by atoms with E-state index >= 15 is 0 Å². The molecule has 106 valence electrons. The molecule has 1 fully saturated rings. The van der Waals surface area contributed by atoms with Crippen molar-refractivity contribution in [3.05, 3.63) is 59.5 Å². The lowest BCUT2D eigenvalue weighted by molar-refractivity contribution is 0.406. The van der Waals surface area contributed by atoms with E-state index in [1.54, 1.807) is 0 Å². The quantitative estimate of drug-likeness (QED) is 0.877. The molecule has 0 aliphatic carbocycles. The summed E-state index contributed by atoms with van der Waals surface area (Å²) in [4.78, 5) is 0. The molecule has 1 aromatic carbocycles. The van der Waals surface area contributed by atoms with Crippen LogP contribution in [0.2, 0.25) is 0 Å². The summed E-state index contributed by atoms with van der Waals surface area (Å²) < 4.78 is 5.75. The topological polar surface area (TPSA) is 37.2 Å². The molecule has 2 heterocycles. The zero-order valence-electron chi connectivity index (χ0n) is 11.9. The van der Waals surface area contributed by atoms with E-state index in [9.17, 15) is 0 Å². The SMILES string of the molecule is CCc1ccc(CN[C@@H]2CCN[C@@H]2c2ccccc2)o1. The van der Waals surface area contributed by atoms with Gasteiger partial charge in [-0.3, -0.25) is 0 Å². The molecule has 20 heavy (non-hydrogen) atoms. The Morgan fingerprint density at radius 1 is 1.15 bits per heavy atom. The Hall–Kier alpha value is -1.58. The van der Waals surface area contributed by atoms with E-state index in [1.165, 1.54) is 5.56 Å². The van der Waals surface area contributed by atoms with Crippen LogP contribution in [0.1, 0.15) is 36.5 Å². The largest absolute Gasteiger partial charge is 0.465 e. The maximum atomic E-state index is 5.75. The lowest BCUT2D eigenvalue weighted by atomic mass is 10.0. The van der Waals surface area contributed by atoms with Crippen LogP contribution in [0.3, 0.4) is 0 Å². The van der Waals surface area contributed by atoms with Gasteiger partial charge in [0.2, 0.25) is 0 Å². The van der Waals surface area contributed by atoms with Crippen LogP contribution < -0.4 is 10.6 Å². The van der Waals surface area contributed by atoms with Gasteiger partial charge in [-0.05, 0) is 30.7 Å². The van der Waals surface area contributed by atoms with Crippen LogP contribution in [0.25, 0.3) is 0 Å². The Kier molecular flexibility index (Phi) is 4.19. The highest BCUT2D eigenvalue weighted by Gasteiger charge is 2.27. The molecule has 3 heteroatoms. The normalized spacial score (nSPS) is 22.2. The van der Waals surface area contributed by atoms with Crippen LogP contribution in [-0.4, -0.2) is 12.6 Å². The molecule has 1 aliphatic rings. The van der Waals surface area contributed by atoms with Gasteiger partial charge in [-0.15, -0.1) is 0 Å². The fourth-order valence-corrected chi connectivity index (χ4v) is 2.87. The fourth-order valence-electron chi connectivity index (χ4n) is 2.87. The molecule has 0 radical (unpaired) electrons. The second-order valence-electron chi connectivity index (χ2n) is 5.34. The molecule has 1 saturated heterocycles. The molecule has 0 amide bonds. The molecule has 3 rings (SSSR count). The Morgan fingerprint density at radius 2 is 1.95 bits per heavy atom. The standard InChI is InChI=1S/C17H22N2O/c1-2-14-8-9-15(20-14)12-19-16-10-11-18-17(16)13-6-4-3-5-7-13/h3-9,16-19H,2,10-12H2,1H3/t16-,17-/m1/s1. The van der Waals surface area contributed by atoms with E-state index in [0.29, 0.717) is 12.1 Å². The predicted octanol–water partition coefficient (Wildman–Crippen LogP) is 3.03. The highest BCUT2D eigenvalue weighted by Crippen LogP contribution is 2.24. The summed E-state index contributed by atoms with van der Waals surface area (Å²) >= 11 is 0. The second kappa shape index (κ2) is 6.25. The van der Waals surface area contributed by atoms with E-state index < -0.39 is 0 Å². The summed E-state index contributed by atoms with van der Waals surface area (Å²) in [6, 6.07) is 15.7. The Balaban J connectivity index is 1.61. The van der Waals surface area contributed by atoms with Gasteiger partial charge >= 0.3 is 0 Å². The molecule has 2 aromatic rings. The van der Waals surface area contributed by atoms with Gasteiger partial charge < -0.3 is 15.1 Å². The van der Waals surface area contributed by atoms with Gasteiger partial charge in [0.15, 0.2) is 0 Å². The Morgan fingerprint density at radius 3 is 2.70 bits per heavy atom.